The van der Waals surface area contributed by atoms with Crippen LogP contribution in [0.2, 0.25) is 0 Å². The van der Waals surface area contributed by atoms with Crippen LogP contribution in [0.1, 0.15) is 44.1 Å². The fraction of sp³-hybridized carbons (Fsp3) is 0.556. The van der Waals surface area contributed by atoms with E-state index in [4.69, 9.17) is 0 Å². The van der Waals surface area contributed by atoms with Gasteiger partial charge in [0, 0.05) is 25.6 Å². The molecule has 4 heteroatoms. The summed E-state index contributed by atoms with van der Waals surface area (Å²) in [7, 11) is 1.63. The first kappa shape index (κ1) is 15.1. The molecule has 2 amide bonds. The van der Waals surface area contributed by atoms with Gasteiger partial charge in [-0.1, -0.05) is 43.9 Å². The first-order valence-corrected chi connectivity index (χ1v) is 8.32. The second kappa shape index (κ2) is 6.51. The summed E-state index contributed by atoms with van der Waals surface area (Å²) in [5.74, 6) is 0.705. The Kier molecular flexibility index (Phi) is 4.46. The first-order chi connectivity index (χ1) is 10.7. The summed E-state index contributed by atoms with van der Waals surface area (Å²) >= 11 is 0. The van der Waals surface area contributed by atoms with Gasteiger partial charge in [-0.2, -0.15) is 0 Å². The third-order valence-electron chi connectivity index (χ3n) is 5.04. The summed E-state index contributed by atoms with van der Waals surface area (Å²) in [6.45, 7) is 0. The average Bonchev–Trinajstić information content (AvgIpc) is 3.18. The Morgan fingerprint density at radius 1 is 1.23 bits per heavy atom. The van der Waals surface area contributed by atoms with Crippen molar-refractivity contribution in [3.05, 3.63) is 29.8 Å². The van der Waals surface area contributed by atoms with E-state index in [0.717, 1.165) is 17.7 Å². The molecule has 1 atom stereocenters. The van der Waals surface area contributed by atoms with Crippen LogP contribution >= 0.6 is 0 Å². The zero-order valence-corrected chi connectivity index (χ0v) is 13.2. The number of carbonyl (C=O) groups excluding carboxylic acids is 2. The van der Waals surface area contributed by atoms with Gasteiger partial charge in [-0.25, -0.2) is 0 Å². The summed E-state index contributed by atoms with van der Waals surface area (Å²) in [4.78, 5) is 26.6. The Hall–Kier alpha value is -1.84. The number of amides is 2. The van der Waals surface area contributed by atoms with Crippen molar-refractivity contribution in [2.45, 2.75) is 51.0 Å². The standard InChI is InChI=1S/C18H24N2O2/c1-19-18(22)16-12-14-8-4-5-9-15(14)20(16)17(21)11-10-13-6-2-3-7-13/h4-5,8-9,13,16H,2-3,6-7,10-12H2,1H3,(H,19,22)/t16-/m1/s1. The van der Waals surface area contributed by atoms with E-state index >= 15 is 0 Å². The fourth-order valence-electron chi connectivity index (χ4n) is 3.82. The van der Waals surface area contributed by atoms with Crippen molar-refractivity contribution in [1.82, 2.24) is 5.32 Å². The van der Waals surface area contributed by atoms with Gasteiger partial charge in [0.15, 0.2) is 0 Å². The quantitative estimate of drug-likeness (QED) is 0.929. The van der Waals surface area contributed by atoms with Gasteiger partial charge < -0.3 is 5.32 Å². The van der Waals surface area contributed by atoms with Crippen molar-refractivity contribution in [1.29, 1.82) is 0 Å². The molecule has 1 fully saturated rings. The van der Waals surface area contributed by atoms with E-state index in [1.54, 1.807) is 11.9 Å². The summed E-state index contributed by atoms with van der Waals surface area (Å²) in [5.41, 5.74) is 2.00. The fourth-order valence-corrected chi connectivity index (χ4v) is 3.82. The second-order valence-electron chi connectivity index (χ2n) is 6.42. The first-order valence-electron chi connectivity index (χ1n) is 8.32. The lowest BCUT2D eigenvalue weighted by atomic mass is 10.0. The van der Waals surface area contributed by atoms with Gasteiger partial charge in [0.2, 0.25) is 11.8 Å². The van der Waals surface area contributed by atoms with Crippen LogP contribution in [0.4, 0.5) is 5.69 Å². The maximum Gasteiger partial charge on any atom is 0.243 e. The van der Waals surface area contributed by atoms with Crippen LogP contribution in [0.3, 0.4) is 0 Å². The van der Waals surface area contributed by atoms with Gasteiger partial charge in [-0.15, -0.1) is 0 Å². The highest BCUT2D eigenvalue weighted by Crippen LogP contribution is 2.34. The van der Waals surface area contributed by atoms with Gasteiger partial charge in [0.25, 0.3) is 0 Å². The largest absolute Gasteiger partial charge is 0.357 e. The lowest BCUT2D eigenvalue weighted by Crippen LogP contribution is -2.47. The topological polar surface area (TPSA) is 49.4 Å². The predicted octanol–water partition coefficient (Wildman–Crippen LogP) is 2.66. The third kappa shape index (κ3) is 2.87. The highest BCUT2D eigenvalue weighted by molar-refractivity contribution is 6.03. The molecule has 0 saturated heterocycles. The summed E-state index contributed by atoms with van der Waals surface area (Å²) < 4.78 is 0. The summed E-state index contributed by atoms with van der Waals surface area (Å²) in [6, 6.07) is 7.47. The number of likely N-dealkylation sites (N-methyl/N-ethyl adjacent to an activating group) is 1. The number of fused-ring (bicyclic) bond motifs is 1. The van der Waals surface area contributed by atoms with E-state index in [1.807, 2.05) is 24.3 Å². The highest BCUT2D eigenvalue weighted by Gasteiger charge is 2.37. The minimum atomic E-state index is -0.390. The SMILES string of the molecule is CNC(=O)[C@H]1Cc2ccccc2N1C(=O)CCC1CCCC1. The number of nitrogens with zero attached hydrogens (tertiary/aromatic N) is 1. The molecule has 1 aliphatic heterocycles. The number of rotatable bonds is 4. The van der Waals surface area contributed by atoms with Crippen LogP contribution in [0.15, 0.2) is 24.3 Å². The normalized spacial score (nSPS) is 21.0. The zero-order chi connectivity index (χ0) is 15.5. The molecule has 0 spiro atoms. The highest BCUT2D eigenvalue weighted by atomic mass is 16.2. The Balaban J connectivity index is 1.74. The minimum Gasteiger partial charge on any atom is -0.357 e. The molecule has 1 aliphatic carbocycles. The molecule has 3 rings (SSSR count). The average molecular weight is 300 g/mol. The van der Waals surface area contributed by atoms with E-state index in [0.29, 0.717) is 18.8 Å². The van der Waals surface area contributed by atoms with Crippen LogP contribution in [0.5, 0.6) is 0 Å². The van der Waals surface area contributed by atoms with Crippen molar-refractivity contribution in [2.24, 2.45) is 5.92 Å². The molecule has 1 saturated carbocycles. The molecule has 1 N–H and O–H groups in total. The van der Waals surface area contributed by atoms with Crippen molar-refractivity contribution >= 4 is 17.5 Å². The molecule has 1 heterocycles. The molecule has 118 valence electrons. The molecule has 0 aromatic heterocycles. The van der Waals surface area contributed by atoms with Crippen molar-refractivity contribution in [3.63, 3.8) is 0 Å². The van der Waals surface area contributed by atoms with E-state index in [2.05, 4.69) is 5.32 Å². The zero-order valence-electron chi connectivity index (χ0n) is 13.2. The van der Waals surface area contributed by atoms with Crippen molar-refractivity contribution in [2.75, 3.05) is 11.9 Å². The molecule has 0 bridgehead atoms. The molecular formula is C18H24N2O2. The smallest absolute Gasteiger partial charge is 0.243 e. The van der Waals surface area contributed by atoms with Crippen LogP contribution in [0, 0.1) is 5.92 Å². The molecular weight excluding hydrogens is 276 g/mol. The molecule has 4 nitrogen and oxygen atoms in total. The monoisotopic (exact) mass is 300 g/mol. The Bertz CT molecular complexity index is 564. The number of hydrogen-bond acceptors (Lipinski definition) is 2. The third-order valence-corrected chi connectivity index (χ3v) is 5.04. The number of anilines is 1. The van der Waals surface area contributed by atoms with E-state index in [-0.39, 0.29) is 11.8 Å². The number of carbonyl (C=O) groups is 2. The molecule has 22 heavy (non-hydrogen) atoms. The summed E-state index contributed by atoms with van der Waals surface area (Å²) in [5, 5.41) is 2.69. The molecule has 2 aliphatic rings. The Labute approximate surface area is 131 Å². The minimum absolute atomic E-state index is 0.0783. The number of hydrogen-bond donors (Lipinski definition) is 1. The van der Waals surface area contributed by atoms with Gasteiger partial charge in [0.1, 0.15) is 6.04 Å². The molecule has 0 radical (unpaired) electrons. The molecule has 0 unspecified atom stereocenters. The van der Waals surface area contributed by atoms with E-state index < -0.39 is 6.04 Å². The summed E-state index contributed by atoms with van der Waals surface area (Å²) in [6.07, 6.45) is 7.22. The number of para-hydroxylation sites is 1. The van der Waals surface area contributed by atoms with E-state index in [9.17, 15) is 9.59 Å². The van der Waals surface area contributed by atoms with Crippen molar-refractivity contribution < 1.29 is 9.59 Å². The van der Waals surface area contributed by atoms with Crippen LogP contribution in [-0.2, 0) is 16.0 Å². The van der Waals surface area contributed by atoms with Crippen LogP contribution in [-0.4, -0.2) is 24.9 Å². The lowest BCUT2D eigenvalue weighted by molar-refractivity contribution is -0.126. The predicted molar refractivity (Wildman–Crippen MR) is 86.7 cm³/mol. The number of benzene rings is 1. The molecule has 1 aromatic carbocycles. The molecule has 1 aromatic rings. The van der Waals surface area contributed by atoms with Crippen LogP contribution in [0.25, 0.3) is 0 Å². The second-order valence-corrected chi connectivity index (χ2v) is 6.42. The Morgan fingerprint density at radius 2 is 1.95 bits per heavy atom. The van der Waals surface area contributed by atoms with Crippen molar-refractivity contribution in [3.8, 4) is 0 Å². The Morgan fingerprint density at radius 3 is 2.68 bits per heavy atom. The van der Waals surface area contributed by atoms with Gasteiger partial charge in [-0.3, -0.25) is 14.5 Å². The van der Waals surface area contributed by atoms with Gasteiger partial charge >= 0.3 is 0 Å². The maximum atomic E-state index is 12.7. The van der Waals surface area contributed by atoms with Gasteiger partial charge in [-0.05, 0) is 24.0 Å². The lowest BCUT2D eigenvalue weighted by Gasteiger charge is -2.25. The number of nitrogens with one attached hydrogen (secondary N) is 1. The van der Waals surface area contributed by atoms with Crippen LogP contribution < -0.4 is 10.2 Å². The maximum absolute atomic E-state index is 12.7. The van der Waals surface area contributed by atoms with Gasteiger partial charge in [0.05, 0.1) is 0 Å². The van der Waals surface area contributed by atoms with E-state index in [1.165, 1.54) is 25.7 Å².